The van der Waals surface area contributed by atoms with Crippen LogP contribution in [0.2, 0.25) is 0 Å². The zero-order valence-corrected chi connectivity index (χ0v) is 8.79. The van der Waals surface area contributed by atoms with Gasteiger partial charge in [-0.1, -0.05) is 0 Å². The Hall–Kier alpha value is -1.83. The molecule has 0 radical (unpaired) electrons. The molecule has 0 amide bonds. The number of pyridine rings is 1. The van der Waals surface area contributed by atoms with E-state index >= 15 is 0 Å². The van der Waals surface area contributed by atoms with Gasteiger partial charge >= 0.3 is 0 Å². The molecule has 1 aromatic rings. The summed E-state index contributed by atoms with van der Waals surface area (Å²) in [7, 11) is 1.30. The van der Waals surface area contributed by atoms with E-state index in [-0.39, 0.29) is 11.7 Å². The fourth-order valence-electron chi connectivity index (χ4n) is 1.77. The van der Waals surface area contributed by atoms with Crippen LogP contribution in [0.15, 0.2) is 11.0 Å². The Morgan fingerprint density at radius 1 is 1.69 bits per heavy atom. The van der Waals surface area contributed by atoms with Crippen LogP contribution in [0.25, 0.3) is 0 Å². The van der Waals surface area contributed by atoms with Crippen LogP contribution in [0.3, 0.4) is 0 Å². The molecule has 1 heterocycles. The summed E-state index contributed by atoms with van der Waals surface area (Å²) in [6.07, 6.45) is 2.90. The van der Waals surface area contributed by atoms with Gasteiger partial charge in [-0.05, 0) is 18.8 Å². The van der Waals surface area contributed by atoms with E-state index in [1.54, 1.807) is 0 Å². The normalized spacial score (nSPS) is 16.6. The van der Waals surface area contributed by atoms with E-state index in [2.05, 4.69) is 11.1 Å². The van der Waals surface area contributed by atoms with E-state index in [1.165, 1.54) is 7.11 Å². The van der Waals surface area contributed by atoms with Crippen molar-refractivity contribution in [2.45, 2.75) is 18.8 Å². The van der Waals surface area contributed by atoms with E-state index in [9.17, 15) is 9.18 Å². The second-order valence-electron chi connectivity index (χ2n) is 3.86. The molecule has 0 saturated heterocycles. The molecule has 84 valence electrons. The van der Waals surface area contributed by atoms with Gasteiger partial charge in [0.2, 0.25) is 0 Å². The van der Waals surface area contributed by atoms with Gasteiger partial charge in [0.25, 0.3) is 5.43 Å². The molecular weight excluding hydrogens is 211 g/mol. The summed E-state index contributed by atoms with van der Waals surface area (Å²) in [5.74, 6) is -1.14. The third kappa shape index (κ3) is 1.67. The molecule has 0 bridgehead atoms. The average molecular weight is 222 g/mol. The van der Waals surface area contributed by atoms with Gasteiger partial charge in [-0.3, -0.25) is 4.79 Å². The van der Waals surface area contributed by atoms with Crippen molar-refractivity contribution in [3.05, 3.63) is 27.9 Å². The van der Waals surface area contributed by atoms with Gasteiger partial charge in [0.05, 0.1) is 24.8 Å². The number of aromatic amines is 1. The lowest BCUT2D eigenvalue weighted by molar-refractivity contribution is 0.393. The van der Waals surface area contributed by atoms with Crippen LogP contribution in [-0.4, -0.2) is 12.1 Å². The highest BCUT2D eigenvalue weighted by molar-refractivity contribution is 5.35. The van der Waals surface area contributed by atoms with Crippen molar-refractivity contribution in [3.8, 4) is 11.8 Å². The quantitative estimate of drug-likeness (QED) is 0.843. The summed E-state index contributed by atoms with van der Waals surface area (Å²) >= 11 is 0. The number of hydrogen-bond acceptors (Lipinski definition) is 3. The summed E-state index contributed by atoms with van der Waals surface area (Å²) in [6, 6.07) is 2.13. The van der Waals surface area contributed by atoms with Crippen LogP contribution < -0.4 is 10.2 Å². The first-order valence-electron chi connectivity index (χ1n) is 5.03. The lowest BCUT2D eigenvalue weighted by Crippen LogP contribution is -2.16. The van der Waals surface area contributed by atoms with Gasteiger partial charge in [-0.15, -0.1) is 0 Å². The average Bonchev–Trinajstić information content (AvgIpc) is 3.09. The van der Waals surface area contributed by atoms with Gasteiger partial charge in [0.15, 0.2) is 11.6 Å². The summed E-state index contributed by atoms with van der Waals surface area (Å²) < 4.78 is 17.9. The second kappa shape index (κ2) is 3.97. The first-order chi connectivity index (χ1) is 7.69. The Labute approximate surface area is 91.7 Å². The molecule has 0 aromatic carbocycles. The van der Waals surface area contributed by atoms with Crippen molar-refractivity contribution < 1.29 is 9.13 Å². The summed E-state index contributed by atoms with van der Waals surface area (Å²) in [4.78, 5) is 14.1. The Kier molecular flexibility index (Phi) is 2.65. The van der Waals surface area contributed by atoms with E-state index in [4.69, 9.17) is 10.00 Å². The fourth-order valence-corrected chi connectivity index (χ4v) is 1.77. The molecule has 0 aliphatic heterocycles. The van der Waals surface area contributed by atoms with Crippen molar-refractivity contribution in [2.24, 2.45) is 5.92 Å². The van der Waals surface area contributed by atoms with Crippen LogP contribution in [0.1, 0.15) is 24.5 Å². The molecule has 16 heavy (non-hydrogen) atoms. The van der Waals surface area contributed by atoms with Crippen LogP contribution in [0, 0.1) is 23.1 Å². The minimum Gasteiger partial charge on any atom is -0.491 e. The number of hydrogen-bond donors (Lipinski definition) is 1. The van der Waals surface area contributed by atoms with Crippen LogP contribution >= 0.6 is 0 Å². The van der Waals surface area contributed by atoms with Gasteiger partial charge in [-0.25, -0.2) is 4.39 Å². The molecule has 1 N–H and O–H groups in total. The molecule has 1 saturated carbocycles. The molecular formula is C11H11FN2O2. The van der Waals surface area contributed by atoms with Crippen molar-refractivity contribution >= 4 is 0 Å². The maximum absolute atomic E-state index is 13.0. The van der Waals surface area contributed by atoms with E-state index in [1.807, 2.05) is 0 Å². The van der Waals surface area contributed by atoms with Gasteiger partial charge in [-0.2, -0.15) is 5.26 Å². The Morgan fingerprint density at radius 2 is 2.38 bits per heavy atom. The molecule has 4 nitrogen and oxygen atoms in total. The third-order valence-corrected chi connectivity index (χ3v) is 2.77. The predicted octanol–water partition coefficient (Wildman–Crippen LogP) is 1.54. The minimum absolute atomic E-state index is 0.0848. The standard InChI is InChI=1S/C11H11FN2O2/c1-16-11-9(7(4-13)6-2-3-6)14-5-8(12)10(11)15/h5-7H,2-3H2,1H3,(H,14,15). The van der Waals surface area contributed by atoms with Crippen LogP contribution in [-0.2, 0) is 0 Å². The predicted molar refractivity (Wildman–Crippen MR) is 54.7 cm³/mol. The van der Waals surface area contributed by atoms with Gasteiger partial charge in [0.1, 0.15) is 0 Å². The zero-order chi connectivity index (χ0) is 11.7. The number of nitrogens with one attached hydrogen (secondary N) is 1. The van der Waals surface area contributed by atoms with E-state index in [0.29, 0.717) is 5.69 Å². The highest BCUT2D eigenvalue weighted by Gasteiger charge is 2.35. The zero-order valence-electron chi connectivity index (χ0n) is 8.79. The highest BCUT2D eigenvalue weighted by atomic mass is 19.1. The third-order valence-electron chi connectivity index (χ3n) is 2.77. The number of nitrogens with zero attached hydrogens (tertiary/aromatic N) is 1. The minimum atomic E-state index is -0.895. The second-order valence-corrected chi connectivity index (χ2v) is 3.86. The Balaban J connectivity index is 2.52. The highest BCUT2D eigenvalue weighted by Crippen LogP contribution is 2.43. The monoisotopic (exact) mass is 222 g/mol. The number of rotatable bonds is 3. The molecule has 1 aliphatic rings. The number of halogens is 1. The molecule has 1 fully saturated rings. The summed E-state index contributed by atoms with van der Waals surface area (Å²) in [6.45, 7) is 0. The van der Waals surface area contributed by atoms with Crippen molar-refractivity contribution in [2.75, 3.05) is 7.11 Å². The van der Waals surface area contributed by atoms with E-state index in [0.717, 1.165) is 19.0 Å². The van der Waals surface area contributed by atoms with Gasteiger partial charge in [0, 0.05) is 6.20 Å². The molecule has 1 unspecified atom stereocenters. The lowest BCUT2D eigenvalue weighted by Gasteiger charge is -2.11. The first kappa shape index (κ1) is 10.7. The summed E-state index contributed by atoms with van der Waals surface area (Å²) in [5.41, 5.74) is -0.406. The largest absolute Gasteiger partial charge is 0.491 e. The number of aromatic nitrogens is 1. The molecule has 1 atom stereocenters. The Bertz CT molecular complexity index is 500. The van der Waals surface area contributed by atoms with Gasteiger partial charge < -0.3 is 9.72 Å². The maximum Gasteiger partial charge on any atom is 0.259 e. The van der Waals surface area contributed by atoms with E-state index < -0.39 is 17.2 Å². The van der Waals surface area contributed by atoms with Crippen molar-refractivity contribution in [3.63, 3.8) is 0 Å². The number of H-pyrrole nitrogens is 1. The number of ether oxygens (including phenoxy) is 1. The topological polar surface area (TPSA) is 65.9 Å². The Morgan fingerprint density at radius 3 is 2.88 bits per heavy atom. The first-order valence-corrected chi connectivity index (χ1v) is 5.03. The SMILES string of the molecule is COc1c(C(C#N)C2CC2)[nH]cc(F)c1=O. The van der Waals surface area contributed by atoms with Crippen molar-refractivity contribution in [1.29, 1.82) is 5.26 Å². The smallest absolute Gasteiger partial charge is 0.259 e. The molecule has 1 aliphatic carbocycles. The van der Waals surface area contributed by atoms with Crippen molar-refractivity contribution in [1.82, 2.24) is 4.98 Å². The molecule has 2 rings (SSSR count). The van der Waals surface area contributed by atoms with Crippen LogP contribution in [0.4, 0.5) is 4.39 Å². The number of nitriles is 1. The maximum atomic E-state index is 13.0. The molecule has 0 spiro atoms. The molecule has 1 aromatic heterocycles. The summed E-state index contributed by atoms with van der Waals surface area (Å²) in [5, 5.41) is 9.05. The lowest BCUT2D eigenvalue weighted by atomic mass is 10.00. The number of methoxy groups -OCH3 is 1. The molecule has 5 heteroatoms. The van der Waals surface area contributed by atoms with Crippen LogP contribution in [0.5, 0.6) is 5.75 Å². The fraction of sp³-hybridized carbons (Fsp3) is 0.455.